The lowest BCUT2D eigenvalue weighted by Crippen LogP contribution is -2.28. The number of nitrogens with zero attached hydrogens (tertiary/aromatic N) is 2. The molecule has 1 aromatic heterocycles. The minimum absolute atomic E-state index is 0.141. The minimum atomic E-state index is -0.873. The molecule has 2 N–H and O–H groups in total. The predicted molar refractivity (Wildman–Crippen MR) is 59.1 cm³/mol. The number of hydrogen-bond donors (Lipinski definition) is 2. The van der Waals surface area contributed by atoms with Gasteiger partial charge in [-0.15, -0.1) is 0 Å². The van der Waals surface area contributed by atoms with Crippen molar-refractivity contribution in [3.05, 3.63) is 18.5 Å². The molecule has 92 valence electrons. The lowest BCUT2D eigenvalue weighted by atomic mass is 10.3. The molecule has 0 bridgehead atoms. The van der Waals surface area contributed by atoms with Gasteiger partial charge in [-0.3, -0.25) is 14.3 Å². The Labute approximate surface area is 98.6 Å². The number of carbonyl (C=O) groups excluding carboxylic acids is 1. The average Bonchev–Trinajstić information content (AvgIpc) is 2.95. The van der Waals surface area contributed by atoms with Crippen LogP contribution in [0.15, 0.2) is 18.5 Å². The number of carboxylic acid groups (broad SMARTS) is 1. The second kappa shape index (κ2) is 4.99. The molecule has 0 unspecified atom stereocenters. The monoisotopic (exact) mass is 237 g/mol. The van der Waals surface area contributed by atoms with Crippen LogP contribution in [0.5, 0.6) is 0 Å². The zero-order valence-electron chi connectivity index (χ0n) is 9.37. The van der Waals surface area contributed by atoms with Crippen molar-refractivity contribution in [1.29, 1.82) is 0 Å². The molecule has 0 spiro atoms. The van der Waals surface area contributed by atoms with Crippen LogP contribution in [0.1, 0.15) is 12.8 Å². The first-order chi connectivity index (χ1) is 8.18. The van der Waals surface area contributed by atoms with Crippen molar-refractivity contribution in [2.75, 3.05) is 6.54 Å². The molecule has 1 heterocycles. The Balaban J connectivity index is 1.60. The number of amides is 1. The number of aliphatic carboxylic acids is 1. The molecule has 2 atom stereocenters. The summed E-state index contributed by atoms with van der Waals surface area (Å²) >= 11 is 0. The van der Waals surface area contributed by atoms with Crippen molar-refractivity contribution < 1.29 is 14.7 Å². The average molecular weight is 237 g/mol. The molecule has 0 radical (unpaired) electrons. The van der Waals surface area contributed by atoms with Crippen LogP contribution in [0.3, 0.4) is 0 Å². The number of carbonyl (C=O) groups is 2. The van der Waals surface area contributed by atoms with Gasteiger partial charge in [-0.2, -0.15) is 5.10 Å². The summed E-state index contributed by atoms with van der Waals surface area (Å²) in [5.41, 5.74) is 0. The molecule has 0 aliphatic heterocycles. The van der Waals surface area contributed by atoms with Crippen LogP contribution in [-0.2, 0) is 16.1 Å². The first-order valence-electron chi connectivity index (χ1n) is 5.66. The Morgan fingerprint density at radius 2 is 2.29 bits per heavy atom. The van der Waals surface area contributed by atoms with Crippen LogP contribution < -0.4 is 5.32 Å². The maximum atomic E-state index is 11.5. The second-order valence-corrected chi connectivity index (χ2v) is 4.20. The van der Waals surface area contributed by atoms with Crippen LogP contribution >= 0.6 is 0 Å². The molecule has 6 nitrogen and oxygen atoms in total. The fraction of sp³-hybridized carbons (Fsp3) is 0.545. The molecule has 1 aromatic rings. The second-order valence-electron chi connectivity index (χ2n) is 4.20. The molecule has 17 heavy (non-hydrogen) atoms. The van der Waals surface area contributed by atoms with E-state index in [1.54, 1.807) is 10.9 Å². The Hall–Kier alpha value is -1.85. The van der Waals surface area contributed by atoms with Crippen LogP contribution in [0.2, 0.25) is 0 Å². The van der Waals surface area contributed by atoms with Gasteiger partial charge >= 0.3 is 5.97 Å². The van der Waals surface area contributed by atoms with Crippen LogP contribution in [-0.4, -0.2) is 33.3 Å². The third-order valence-electron chi connectivity index (χ3n) is 2.87. The van der Waals surface area contributed by atoms with E-state index in [-0.39, 0.29) is 11.8 Å². The third kappa shape index (κ3) is 3.05. The van der Waals surface area contributed by atoms with E-state index in [2.05, 4.69) is 10.4 Å². The lowest BCUT2D eigenvalue weighted by molar-refractivity contribution is -0.140. The van der Waals surface area contributed by atoms with Crippen molar-refractivity contribution in [2.24, 2.45) is 11.8 Å². The van der Waals surface area contributed by atoms with Gasteiger partial charge in [-0.05, 0) is 18.9 Å². The first kappa shape index (κ1) is 11.6. The summed E-state index contributed by atoms with van der Waals surface area (Å²) in [5.74, 6) is -1.81. The summed E-state index contributed by atoms with van der Waals surface area (Å²) in [4.78, 5) is 22.1. The third-order valence-corrected chi connectivity index (χ3v) is 2.87. The van der Waals surface area contributed by atoms with Gasteiger partial charge in [0.1, 0.15) is 0 Å². The fourth-order valence-electron chi connectivity index (χ4n) is 1.77. The molecular weight excluding hydrogens is 222 g/mol. The SMILES string of the molecule is O=C(O)[C@H]1C[C@H]1C(=O)NCCCn1cccn1. The number of aromatic nitrogens is 2. The van der Waals surface area contributed by atoms with Gasteiger partial charge in [0.05, 0.1) is 11.8 Å². The quantitative estimate of drug-likeness (QED) is 0.688. The van der Waals surface area contributed by atoms with Gasteiger partial charge < -0.3 is 10.4 Å². The highest BCUT2D eigenvalue weighted by Crippen LogP contribution is 2.38. The molecule has 2 rings (SSSR count). The molecule has 1 amide bonds. The molecule has 6 heteroatoms. The van der Waals surface area contributed by atoms with Gasteiger partial charge in [0.15, 0.2) is 0 Å². The molecule has 1 aliphatic carbocycles. The maximum Gasteiger partial charge on any atom is 0.307 e. The minimum Gasteiger partial charge on any atom is -0.481 e. The van der Waals surface area contributed by atoms with E-state index in [1.165, 1.54) is 0 Å². The topological polar surface area (TPSA) is 84.2 Å². The van der Waals surface area contributed by atoms with Crippen molar-refractivity contribution >= 4 is 11.9 Å². The van der Waals surface area contributed by atoms with Crippen molar-refractivity contribution in [3.63, 3.8) is 0 Å². The molecule has 1 saturated carbocycles. The number of carboxylic acids is 1. The van der Waals surface area contributed by atoms with Crippen LogP contribution in [0, 0.1) is 11.8 Å². The normalized spacial score (nSPS) is 22.1. The summed E-state index contributed by atoms with van der Waals surface area (Å²) < 4.78 is 1.79. The van der Waals surface area contributed by atoms with E-state index >= 15 is 0 Å². The number of rotatable bonds is 6. The van der Waals surface area contributed by atoms with Gasteiger partial charge in [0, 0.05) is 25.5 Å². The van der Waals surface area contributed by atoms with Crippen molar-refractivity contribution in [3.8, 4) is 0 Å². The van der Waals surface area contributed by atoms with Gasteiger partial charge in [-0.1, -0.05) is 0 Å². The Morgan fingerprint density at radius 1 is 1.47 bits per heavy atom. The van der Waals surface area contributed by atoms with E-state index in [1.807, 2.05) is 12.3 Å². The van der Waals surface area contributed by atoms with E-state index in [0.29, 0.717) is 13.0 Å². The molecule has 0 aromatic carbocycles. The summed E-state index contributed by atoms with van der Waals surface area (Å²) in [6.07, 6.45) is 4.83. The Morgan fingerprint density at radius 3 is 2.88 bits per heavy atom. The summed E-state index contributed by atoms with van der Waals surface area (Å²) in [7, 11) is 0. The van der Waals surface area contributed by atoms with Crippen LogP contribution in [0.4, 0.5) is 0 Å². The molecule has 1 fully saturated rings. The highest BCUT2D eigenvalue weighted by Gasteiger charge is 2.48. The van der Waals surface area contributed by atoms with E-state index in [9.17, 15) is 9.59 Å². The van der Waals surface area contributed by atoms with Gasteiger partial charge in [0.2, 0.25) is 5.91 Å². The number of nitrogens with one attached hydrogen (secondary N) is 1. The van der Waals surface area contributed by atoms with Crippen molar-refractivity contribution in [1.82, 2.24) is 15.1 Å². The van der Waals surface area contributed by atoms with Gasteiger partial charge in [0.25, 0.3) is 0 Å². The largest absolute Gasteiger partial charge is 0.481 e. The summed E-state index contributed by atoms with van der Waals surface area (Å²) in [5, 5.41) is 15.5. The van der Waals surface area contributed by atoms with E-state index in [0.717, 1.165) is 13.0 Å². The predicted octanol–water partition coefficient (Wildman–Crippen LogP) is 0.110. The molecule has 0 saturated heterocycles. The number of aryl methyl sites for hydroxylation is 1. The molecular formula is C11H15N3O3. The smallest absolute Gasteiger partial charge is 0.307 e. The van der Waals surface area contributed by atoms with Crippen molar-refractivity contribution in [2.45, 2.75) is 19.4 Å². The highest BCUT2D eigenvalue weighted by molar-refractivity contribution is 5.89. The van der Waals surface area contributed by atoms with E-state index < -0.39 is 11.9 Å². The van der Waals surface area contributed by atoms with Gasteiger partial charge in [-0.25, -0.2) is 0 Å². The maximum absolute atomic E-state index is 11.5. The standard InChI is InChI=1S/C11H15N3O3/c15-10(8-7-9(8)11(16)17)12-3-1-5-14-6-2-4-13-14/h2,4,6,8-9H,1,3,5,7H2,(H,12,15)(H,16,17)/t8-,9+/m1/s1. The van der Waals surface area contributed by atoms with E-state index in [4.69, 9.17) is 5.11 Å². The van der Waals surface area contributed by atoms with Crippen LogP contribution in [0.25, 0.3) is 0 Å². The zero-order chi connectivity index (χ0) is 12.3. The first-order valence-corrected chi connectivity index (χ1v) is 5.66. The zero-order valence-corrected chi connectivity index (χ0v) is 9.37. The summed E-state index contributed by atoms with van der Waals surface area (Å²) in [6, 6.07) is 1.85. The lowest BCUT2D eigenvalue weighted by Gasteiger charge is -2.04. The Bertz CT molecular complexity index is 402. The summed E-state index contributed by atoms with van der Waals surface area (Å²) in [6.45, 7) is 1.31. The fourth-order valence-corrected chi connectivity index (χ4v) is 1.77. The highest BCUT2D eigenvalue weighted by atomic mass is 16.4. The number of hydrogen-bond acceptors (Lipinski definition) is 3. The Kier molecular flexibility index (Phi) is 3.41. The molecule has 1 aliphatic rings.